The zero-order chi connectivity index (χ0) is 6.53. The van der Waals surface area contributed by atoms with Crippen LogP contribution >= 0.6 is 0 Å². The van der Waals surface area contributed by atoms with Gasteiger partial charge < -0.3 is 14.6 Å². The van der Waals surface area contributed by atoms with Crippen LogP contribution in [0.3, 0.4) is 0 Å². The summed E-state index contributed by atoms with van der Waals surface area (Å²) in [5.74, 6) is 0. The van der Waals surface area contributed by atoms with Crippen molar-refractivity contribution < 1.29 is 14.6 Å². The molecule has 0 bridgehead atoms. The van der Waals surface area contributed by atoms with E-state index in [1.54, 1.807) is 0 Å². The first-order valence-corrected chi connectivity index (χ1v) is 3.27. The summed E-state index contributed by atoms with van der Waals surface area (Å²) in [6.07, 6.45) is 2.14. The van der Waals surface area contributed by atoms with E-state index in [0.717, 1.165) is 13.2 Å². The second-order valence-corrected chi connectivity index (χ2v) is 2.11. The highest BCUT2D eigenvalue weighted by molar-refractivity contribution is 4.48. The van der Waals surface area contributed by atoms with Crippen molar-refractivity contribution in [3.63, 3.8) is 0 Å². The van der Waals surface area contributed by atoms with Crippen molar-refractivity contribution in [1.82, 2.24) is 0 Å². The van der Waals surface area contributed by atoms with Gasteiger partial charge in [0, 0.05) is 13.2 Å². The van der Waals surface area contributed by atoms with Gasteiger partial charge in [0.1, 0.15) is 6.61 Å². The molecule has 2 saturated heterocycles. The minimum Gasteiger partial charge on any atom is -0.381 e. The molecule has 9 heavy (non-hydrogen) atoms. The highest BCUT2D eigenvalue weighted by Gasteiger charge is 2.16. The quantitative estimate of drug-likeness (QED) is 0.476. The maximum Gasteiger partial charge on any atom is 0.178 e. The monoisotopic (exact) mass is 132 g/mol. The molecule has 2 heterocycles. The van der Waals surface area contributed by atoms with Crippen LogP contribution in [0.2, 0.25) is 0 Å². The number of hydrogen-bond acceptors (Lipinski definition) is 3. The molecule has 1 atom stereocenters. The summed E-state index contributed by atoms with van der Waals surface area (Å²) >= 11 is 0. The van der Waals surface area contributed by atoms with E-state index >= 15 is 0 Å². The van der Waals surface area contributed by atoms with Crippen molar-refractivity contribution >= 4 is 0 Å². The van der Waals surface area contributed by atoms with Crippen molar-refractivity contribution in [1.29, 1.82) is 0 Å². The lowest BCUT2D eigenvalue weighted by atomic mass is 10.4. The zero-order valence-electron chi connectivity index (χ0n) is 5.38. The Morgan fingerprint density at radius 2 is 1.67 bits per heavy atom. The fourth-order valence-electron chi connectivity index (χ4n) is 0.553. The molecule has 1 unspecified atom stereocenters. The van der Waals surface area contributed by atoms with Crippen molar-refractivity contribution in [2.75, 3.05) is 19.8 Å². The van der Waals surface area contributed by atoms with Crippen LogP contribution in [0, 0.1) is 0 Å². The third-order valence-corrected chi connectivity index (χ3v) is 1.14. The van der Waals surface area contributed by atoms with E-state index in [0.29, 0.717) is 6.61 Å². The van der Waals surface area contributed by atoms with Gasteiger partial charge in [0.2, 0.25) is 0 Å². The van der Waals surface area contributed by atoms with Gasteiger partial charge in [-0.05, 0) is 12.8 Å². The normalized spacial score (nSPS) is 31.0. The van der Waals surface area contributed by atoms with E-state index in [4.69, 9.17) is 9.84 Å². The molecule has 0 aliphatic carbocycles. The minimum absolute atomic E-state index is 0.417. The van der Waals surface area contributed by atoms with Crippen LogP contribution in [-0.4, -0.2) is 31.2 Å². The Morgan fingerprint density at radius 1 is 1.22 bits per heavy atom. The topological polar surface area (TPSA) is 42.0 Å². The van der Waals surface area contributed by atoms with E-state index in [-0.39, 0.29) is 0 Å². The lowest BCUT2D eigenvalue weighted by Gasteiger charge is -1.76. The summed E-state index contributed by atoms with van der Waals surface area (Å²) in [5, 5.41) is 7.94. The summed E-state index contributed by atoms with van der Waals surface area (Å²) in [7, 11) is 0. The van der Waals surface area contributed by atoms with Gasteiger partial charge in [-0.15, -0.1) is 0 Å². The van der Waals surface area contributed by atoms with E-state index in [9.17, 15) is 0 Å². The molecule has 0 amide bonds. The number of epoxide rings is 1. The summed E-state index contributed by atoms with van der Waals surface area (Å²) in [6, 6.07) is 0. The summed E-state index contributed by atoms with van der Waals surface area (Å²) in [5.41, 5.74) is 0. The van der Waals surface area contributed by atoms with Crippen LogP contribution in [0.4, 0.5) is 0 Å². The summed E-state index contributed by atoms with van der Waals surface area (Å²) in [6.45, 7) is 2.54. The standard InChI is InChI=1S/C4H8O.C2H4O2/c1-2-4-5-3-1;3-2-1-4-2/h1-4H2;2-3H,1H2. The number of rotatable bonds is 0. The third kappa shape index (κ3) is 4.39. The van der Waals surface area contributed by atoms with E-state index in [1.807, 2.05) is 0 Å². The molecule has 2 fully saturated rings. The number of aliphatic hydroxyl groups excluding tert-OH is 1. The molecule has 2 aliphatic rings. The summed E-state index contributed by atoms with van der Waals surface area (Å²) < 4.78 is 9.21. The van der Waals surface area contributed by atoms with Crippen LogP contribution in [-0.2, 0) is 9.47 Å². The van der Waals surface area contributed by atoms with Gasteiger partial charge in [-0.25, -0.2) is 0 Å². The van der Waals surface area contributed by atoms with Gasteiger partial charge in [-0.2, -0.15) is 0 Å². The molecule has 0 saturated carbocycles. The average Bonchev–Trinajstić information content (AvgIpc) is 2.52. The highest BCUT2D eigenvalue weighted by atomic mass is 16.7. The first-order valence-electron chi connectivity index (χ1n) is 3.27. The van der Waals surface area contributed by atoms with Crippen molar-refractivity contribution in [2.24, 2.45) is 0 Å². The Morgan fingerprint density at radius 3 is 1.78 bits per heavy atom. The molecule has 3 heteroatoms. The minimum atomic E-state index is -0.417. The molecular weight excluding hydrogens is 120 g/mol. The van der Waals surface area contributed by atoms with Crippen LogP contribution in [0.15, 0.2) is 0 Å². The maximum atomic E-state index is 7.94. The lowest BCUT2D eigenvalue weighted by Crippen LogP contribution is -1.74. The van der Waals surface area contributed by atoms with Gasteiger partial charge in [0.15, 0.2) is 6.29 Å². The Bertz CT molecular complexity index is 59.1. The lowest BCUT2D eigenvalue weighted by molar-refractivity contribution is 0.156. The Kier molecular flexibility index (Phi) is 2.97. The molecule has 1 N–H and O–H groups in total. The molecule has 54 valence electrons. The van der Waals surface area contributed by atoms with Gasteiger partial charge in [0.05, 0.1) is 0 Å². The largest absolute Gasteiger partial charge is 0.381 e. The van der Waals surface area contributed by atoms with Crippen molar-refractivity contribution in [2.45, 2.75) is 19.1 Å². The third-order valence-electron chi connectivity index (χ3n) is 1.14. The first-order chi connectivity index (χ1) is 4.39. The average molecular weight is 132 g/mol. The molecule has 0 spiro atoms. The van der Waals surface area contributed by atoms with Gasteiger partial charge >= 0.3 is 0 Å². The molecule has 2 aliphatic heterocycles. The Labute approximate surface area is 54.6 Å². The van der Waals surface area contributed by atoms with E-state index in [1.165, 1.54) is 12.8 Å². The first kappa shape index (κ1) is 6.99. The van der Waals surface area contributed by atoms with Crippen molar-refractivity contribution in [3.8, 4) is 0 Å². The van der Waals surface area contributed by atoms with Gasteiger partial charge in [0.25, 0.3) is 0 Å². The Balaban J connectivity index is 0.0000000922. The fraction of sp³-hybridized carbons (Fsp3) is 1.00. The predicted molar refractivity (Wildman–Crippen MR) is 32.0 cm³/mol. The van der Waals surface area contributed by atoms with Gasteiger partial charge in [-0.1, -0.05) is 0 Å². The zero-order valence-corrected chi connectivity index (χ0v) is 5.38. The molecule has 0 aromatic carbocycles. The molecular formula is C6H12O3. The Hall–Kier alpha value is -0.120. The second-order valence-electron chi connectivity index (χ2n) is 2.11. The number of hydrogen-bond donors (Lipinski definition) is 1. The molecule has 3 nitrogen and oxygen atoms in total. The highest BCUT2D eigenvalue weighted by Crippen LogP contribution is 2.00. The van der Waals surface area contributed by atoms with Crippen molar-refractivity contribution in [3.05, 3.63) is 0 Å². The van der Waals surface area contributed by atoms with Gasteiger partial charge in [-0.3, -0.25) is 0 Å². The fourth-order valence-corrected chi connectivity index (χ4v) is 0.553. The molecule has 2 rings (SSSR count). The van der Waals surface area contributed by atoms with Crippen LogP contribution in [0.25, 0.3) is 0 Å². The smallest absolute Gasteiger partial charge is 0.178 e. The summed E-state index contributed by atoms with van der Waals surface area (Å²) in [4.78, 5) is 0. The molecule has 0 aromatic rings. The molecule has 0 aromatic heterocycles. The number of aliphatic hydroxyl groups is 1. The predicted octanol–water partition coefficient (Wildman–Crippen LogP) is 0.132. The number of ether oxygens (including phenoxy) is 2. The molecule has 0 radical (unpaired) electrons. The maximum absolute atomic E-state index is 7.94. The second kappa shape index (κ2) is 3.82. The van der Waals surface area contributed by atoms with Crippen LogP contribution < -0.4 is 0 Å². The SMILES string of the molecule is C1CCOC1.OC1CO1. The van der Waals surface area contributed by atoms with E-state index < -0.39 is 6.29 Å². The van der Waals surface area contributed by atoms with Crippen LogP contribution in [0.1, 0.15) is 12.8 Å². The van der Waals surface area contributed by atoms with E-state index in [2.05, 4.69) is 4.74 Å². The van der Waals surface area contributed by atoms with Crippen LogP contribution in [0.5, 0.6) is 0 Å².